The van der Waals surface area contributed by atoms with E-state index in [-0.39, 0.29) is 11.3 Å². The summed E-state index contributed by atoms with van der Waals surface area (Å²) in [5, 5.41) is 0. The number of allylic oxidation sites excluding steroid dienone is 1. The molecule has 0 unspecified atom stereocenters. The van der Waals surface area contributed by atoms with Crippen LogP contribution in [0.5, 0.6) is 0 Å². The fourth-order valence-corrected chi connectivity index (χ4v) is 3.20. The second kappa shape index (κ2) is 5.07. The molecule has 1 nitrogen and oxygen atoms in total. The summed E-state index contributed by atoms with van der Waals surface area (Å²) in [6.07, 6.45) is -3.12. The maximum absolute atomic E-state index is 13.0. The molecular formula is C16H9F3OS. The molecule has 5 heteroatoms. The van der Waals surface area contributed by atoms with E-state index in [4.69, 9.17) is 0 Å². The Balaban J connectivity index is 2.04. The highest BCUT2D eigenvalue weighted by Gasteiger charge is 2.33. The lowest BCUT2D eigenvalue weighted by molar-refractivity contribution is -0.137. The number of hydrogen-bond acceptors (Lipinski definition) is 2. The Kier molecular flexibility index (Phi) is 3.37. The first-order valence-electron chi connectivity index (χ1n) is 6.16. The molecule has 2 aromatic rings. The van der Waals surface area contributed by atoms with Crippen molar-refractivity contribution in [3.8, 4) is 0 Å². The molecule has 0 radical (unpaired) electrons. The standard InChI is InChI=1S/C16H9F3OS/c17-16(18,19)12-7-3-1-5-10(12)9-14-15(20)11-6-2-4-8-13(11)21-14/h1-9H. The van der Waals surface area contributed by atoms with Crippen molar-refractivity contribution >= 4 is 23.6 Å². The van der Waals surface area contributed by atoms with Gasteiger partial charge >= 0.3 is 6.18 Å². The number of ketones is 1. The Labute approximate surface area is 123 Å². The van der Waals surface area contributed by atoms with Gasteiger partial charge in [0, 0.05) is 10.5 Å². The summed E-state index contributed by atoms with van der Waals surface area (Å²) in [4.78, 5) is 13.3. The SMILES string of the molecule is O=C1C(=Cc2ccccc2C(F)(F)F)Sc2ccccc21. The van der Waals surface area contributed by atoms with Crippen molar-refractivity contribution in [3.05, 3.63) is 70.1 Å². The number of thioether (sulfide) groups is 1. The summed E-state index contributed by atoms with van der Waals surface area (Å²) in [7, 11) is 0. The van der Waals surface area contributed by atoms with Gasteiger partial charge in [-0.1, -0.05) is 42.1 Å². The van der Waals surface area contributed by atoms with Crippen LogP contribution >= 0.6 is 11.8 Å². The van der Waals surface area contributed by atoms with Crippen LogP contribution in [0.4, 0.5) is 13.2 Å². The fourth-order valence-electron chi connectivity index (χ4n) is 2.16. The van der Waals surface area contributed by atoms with Crippen LogP contribution in [0.1, 0.15) is 21.5 Å². The Morgan fingerprint density at radius 3 is 2.33 bits per heavy atom. The highest BCUT2D eigenvalue weighted by Crippen LogP contribution is 2.42. The number of carbonyl (C=O) groups is 1. The molecule has 0 amide bonds. The molecule has 21 heavy (non-hydrogen) atoms. The van der Waals surface area contributed by atoms with Gasteiger partial charge in [0.25, 0.3) is 0 Å². The van der Waals surface area contributed by atoms with E-state index in [0.29, 0.717) is 10.5 Å². The molecule has 1 aliphatic rings. The molecule has 0 atom stereocenters. The van der Waals surface area contributed by atoms with E-state index >= 15 is 0 Å². The summed E-state index contributed by atoms with van der Waals surface area (Å²) in [6.45, 7) is 0. The van der Waals surface area contributed by atoms with Gasteiger partial charge in [-0.25, -0.2) is 0 Å². The van der Waals surface area contributed by atoms with Crippen LogP contribution in [0.25, 0.3) is 6.08 Å². The average molecular weight is 306 g/mol. The quantitative estimate of drug-likeness (QED) is 0.687. The molecule has 0 bridgehead atoms. The second-order valence-electron chi connectivity index (χ2n) is 4.52. The van der Waals surface area contributed by atoms with Crippen LogP contribution in [-0.4, -0.2) is 5.78 Å². The molecule has 0 spiro atoms. The molecule has 0 saturated carbocycles. The molecule has 0 fully saturated rings. The molecule has 3 rings (SSSR count). The number of benzene rings is 2. The molecule has 106 valence electrons. The van der Waals surface area contributed by atoms with Gasteiger partial charge in [0.1, 0.15) is 0 Å². The van der Waals surface area contributed by atoms with E-state index < -0.39 is 11.7 Å². The van der Waals surface area contributed by atoms with E-state index in [1.807, 2.05) is 0 Å². The molecule has 0 aromatic heterocycles. The number of Topliss-reactive ketones (excluding diaryl/α,β-unsaturated/α-hetero) is 1. The molecular weight excluding hydrogens is 297 g/mol. The summed E-state index contributed by atoms with van der Waals surface area (Å²) < 4.78 is 38.9. The third-order valence-corrected chi connectivity index (χ3v) is 4.23. The minimum Gasteiger partial charge on any atom is -0.288 e. The van der Waals surface area contributed by atoms with Gasteiger partial charge in [0.15, 0.2) is 0 Å². The number of carbonyl (C=O) groups excluding carboxylic acids is 1. The van der Waals surface area contributed by atoms with E-state index in [0.717, 1.165) is 11.0 Å². The number of alkyl halides is 3. The second-order valence-corrected chi connectivity index (χ2v) is 5.60. The highest BCUT2D eigenvalue weighted by atomic mass is 32.2. The van der Waals surface area contributed by atoms with Gasteiger partial charge in [-0.05, 0) is 29.8 Å². The molecule has 1 heterocycles. The van der Waals surface area contributed by atoms with Gasteiger partial charge in [-0.15, -0.1) is 0 Å². The van der Waals surface area contributed by atoms with Gasteiger partial charge < -0.3 is 0 Å². The highest BCUT2D eigenvalue weighted by molar-refractivity contribution is 8.04. The van der Waals surface area contributed by atoms with Crippen molar-refractivity contribution in [1.82, 2.24) is 0 Å². The van der Waals surface area contributed by atoms with Crippen LogP contribution in [-0.2, 0) is 6.18 Å². The lowest BCUT2D eigenvalue weighted by atomic mass is 10.0. The molecule has 2 aromatic carbocycles. The monoisotopic (exact) mass is 306 g/mol. The van der Waals surface area contributed by atoms with Crippen molar-refractivity contribution in [2.24, 2.45) is 0 Å². The van der Waals surface area contributed by atoms with Crippen LogP contribution < -0.4 is 0 Å². The van der Waals surface area contributed by atoms with E-state index in [1.54, 1.807) is 24.3 Å². The maximum atomic E-state index is 13.0. The molecule has 0 N–H and O–H groups in total. The van der Waals surface area contributed by atoms with Gasteiger partial charge in [0.2, 0.25) is 5.78 Å². The Bertz CT molecular complexity index is 747. The zero-order valence-electron chi connectivity index (χ0n) is 10.6. The molecule has 0 saturated heterocycles. The molecule has 0 aliphatic carbocycles. The van der Waals surface area contributed by atoms with E-state index in [9.17, 15) is 18.0 Å². The normalized spacial score (nSPS) is 16.3. The maximum Gasteiger partial charge on any atom is 0.416 e. The third kappa shape index (κ3) is 2.61. The number of hydrogen-bond donors (Lipinski definition) is 0. The summed E-state index contributed by atoms with van der Waals surface area (Å²) in [6, 6.07) is 12.3. The average Bonchev–Trinajstić information content (AvgIpc) is 2.76. The van der Waals surface area contributed by atoms with Crippen molar-refractivity contribution < 1.29 is 18.0 Å². The summed E-state index contributed by atoms with van der Waals surface area (Å²) in [5.41, 5.74) is -0.186. The minimum atomic E-state index is -4.44. The Hall–Kier alpha value is -2.01. The van der Waals surface area contributed by atoms with Gasteiger partial charge in [-0.2, -0.15) is 13.2 Å². The summed E-state index contributed by atoms with van der Waals surface area (Å²) >= 11 is 1.20. The van der Waals surface area contributed by atoms with Gasteiger partial charge in [0.05, 0.1) is 10.5 Å². The largest absolute Gasteiger partial charge is 0.416 e. The minimum absolute atomic E-state index is 0.00801. The van der Waals surface area contributed by atoms with Crippen molar-refractivity contribution in [2.75, 3.05) is 0 Å². The fraction of sp³-hybridized carbons (Fsp3) is 0.0625. The Morgan fingerprint density at radius 1 is 0.952 bits per heavy atom. The first-order chi connectivity index (χ1) is 9.97. The topological polar surface area (TPSA) is 17.1 Å². The lowest BCUT2D eigenvalue weighted by Crippen LogP contribution is -2.07. The first kappa shape index (κ1) is 13.9. The van der Waals surface area contributed by atoms with Gasteiger partial charge in [-0.3, -0.25) is 4.79 Å². The lowest BCUT2D eigenvalue weighted by Gasteiger charge is -2.10. The van der Waals surface area contributed by atoms with Crippen LogP contribution in [0.15, 0.2) is 58.3 Å². The van der Waals surface area contributed by atoms with Crippen LogP contribution in [0.3, 0.4) is 0 Å². The zero-order valence-corrected chi connectivity index (χ0v) is 11.5. The van der Waals surface area contributed by atoms with Crippen LogP contribution in [0, 0.1) is 0 Å². The molecule has 1 aliphatic heterocycles. The summed E-state index contributed by atoms with van der Waals surface area (Å²) in [5.74, 6) is -0.229. The van der Waals surface area contributed by atoms with E-state index in [1.165, 1.54) is 36.0 Å². The number of halogens is 3. The number of rotatable bonds is 1. The number of fused-ring (bicyclic) bond motifs is 1. The predicted molar refractivity (Wildman–Crippen MR) is 76.1 cm³/mol. The van der Waals surface area contributed by atoms with Crippen LogP contribution in [0.2, 0.25) is 0 Å². The predicted octanol–water partition coefficient (Wildman–Crippen LogP) is 5.03. The zero-order chi connectivity index (χ0) is 15.0. The van der Waals surface area contributed by atoms with Crippen molar-refractivity contribution in [3.63, 3.8) is 0 Å². The smallest absolute Gasteiger partial charge is 0.288 e. The van der Waals surface area contributed by atoms with Crippen molar-refractivity contribution in [1.29, 1.82) is 0 Å². The van der Waals surface area contributed by atoms with E-state index in [2.05, 4.69) is 0 Å². The first-order valence-corrected chi connectivity index (χ1v) is 6.98. The third-order valence-electron chi connectivity index (χ3n) is 3.13. The Morgan fingerprint density at radius 2 is 1.62 bits per heavy atom. The van der Waals surface area contributed by atoms with Crippen molar-refractivity contribution in [2.45, 2.75) is 11.1 Å².